The Morgan fingerprint density at radius 1 is 1.09 bits per heavy atom. The zero-order valence-electron chi connectivity index (χ0n) is 25.3. The molecule has 14 heteroatoms. The smallest absolute Gasteiger partial charge is 0.259 e. The number of carbonyl (C=O) groups excluding carboxylic acids is 2. The second kappa shape index (κ2) is 13.8. The molecule has 0 bridgehead atoms. The van der Waals surface area contributed by atoms with Crippen LogP contribution in [0.2, 0.25) is 0 Å². The Labute approximate surface area is 273 Å². The lowest BCUT2D eigenvalue weighted by Crippen LogP contribution is -2.33. The second-order valence-electron chi connectivity index (χ2n) is 11.3. The number of pyridine rings is 1. The first-order valence-corrected chi connectivity index (χ1v) is 16.3. The summed E-state index contributed by atoms with van der Waals surface area (Å²) in [5.74, 6) is -0.239. The Hall–Kier alpha value is -4.92. The second-order valence-corrected chi connectivity index (χ2v) is 12.2. The highest BCUT2D eigenvalue weighted by atomic mass is 32.1. The number of aromatic amines is 1. The van der Waals surface area contributed by atoms with Crippen LogP contribution in [0.1, 0.15) is 53.2 Å². The molecule has 47 heavy (non-hydrogen) atoms. The van der Waals surface area contributed by atoms with Gasteiger partial charge in [-0.15, -0.1) is 11.3 Å². The maximum Gasteiger partial charge on any atom is 0.259 e. The third-order valence-electron chi connectivity index (χ3n) is 8.11. The first-order valence-electron chi connectivity index (χ1n) is 15.4. The maximum atomic E-state index is 15.4. The lowest BCUT2D eigenvalue weighted by molar-refractivity contribution is -0.116. The Bertz CT molecular complexity index is 1890. The highest BCUT2D eigenvalue weighted by Crippen LogP contribution is 2.39. The van der Waals surface area contributed by atoms with Crippen molar-refractivity contribution in [3.63, 3.8) is 0 Å². The Morgan fingerprint density at radius 2 is 2.02 bits per heavy atom. The Morgan fingerprint density at radius 3 is 2.85 bits per heavy atom. The number of hydrogen-bond acceptors (Lipinski definition) is 10. The molecule has 242 valence electrons. The van der Waals surface area contributed by atoms with Gasteiger partial charge < -0.3 is 30.2 Å². The van der Waals surface area contributed by atoms with Crippen molar-refractivity contribution in [2.24, 2.45) is 0 Å². The van der Waals surface area contributed by atoms with Gasteiger partial charge in [0.15, 0.2) is 22.3 Å². The molecule has 0 saturated carbocycles. The number of nitrogens with zero attached hydrogens (tertiary/aromatic N) is 3. The minimum Gasteiger partial charge on any atom is -0.487 e. The van der Waals surface area contributed by atoms with Crippen LogP contribution < -0.4 is 25.4 Å². The summed E-state index contributed by atoms with van der Waals surface area (Å²) in [4.78, 5) is 34.1. The molecule has 12 nitrogen and oxygen atoms in total. The number of thiazole rings is 1. The number of halogens is 1. The minimum atomic E-state index is -0.767. The van der Waals surface area contributed by atoms with Crippen molar-refractivity contribution in [1.82, 2.24) is 25.5 Å². The number of amides is 2. The van der Waals surface area contributed by atoms with Crippen LogP contribution in [0.5, 0.6) is 17.2 Å². The highest BCUT2D eigenvalue weighted by Gasteiger charge is 2.26. The van der Waals surface area contributed by atoms with E-state index in [1.165, 1.54) is 23.5 Å². The predicted molar refractivity (Wildman–Crippen MR) is 174 cm³/mol. The van der Waals surface area contributed by atoms with Crippen LogP contribution in [0.4, 0.5) is 15.3 Å². The molecule has 0 spiro atoms. The van der Waals surface area contributed by atoms with Crippen LogP contribution in [0.15, 0.2) is 60.2 Å². The van der Waals surface area contributed by atoms with Crippen molar-refractivity contribution in [2.75, 3.05) is 30.4 Å². The predicted octanol–water partition coefficient (Wildman–Crippen LogP) is 5.76. The number of nitrogens with one attached hydrogen (secondary N) is 4. The largest absolute Gasteiger partial charge is 0.487 e. The number of rotatable bonds is 10. The first-order chi connectivity index (χ1) is 23.0. The maximum absolute atomic E-state index is 15.4. The highest BCUT2D eigenvalue weighted by molar-refractivity contribution is 7.13. The van der Waals surface area contributed by atoms with Gasteiger partial charge in [0.1, 0.15) is 24.0 Å². The third-order valence-corrected chi connectivity index (χ3v) is 8.80. The fraction of sp³-hybridized carbons (Fsp3) is 0.303. The molecular weight excluding hydrogens is 625 g/mol. The summed E-state index contributed by atoms with van der Waals surface area (Å²) < 4.78 is 33.7. The summed E-state index contributed by atoms with van der Waals surface area (Å²) in [6.45, 7) is 1.73. The van der Waals surface area contributed by atoms with E-state index in [2.05, 4.69) is 36.1 Å². The van der Waals surface area contributed by atoms with Gasteiger partial charge in [0.05, 0.1) is 17.1 Å². The van der Waals surface area contributed by atoms with E-state index in [-0.39, 0.29) is 35.8 Å². The first kappa shape index (κ1) is 30.7. The van der Waals surface area contributed by atoms with Crippen LogP contribution in [-0.2, 0) is 16.0 Å². The number of anilines is 2. The van der Waals surface area contributed by atoms with E-state index >= 15 is 4.39 Å². The number of fused-ring (bicyclic) bond motifs is 2. The average molecular weight is 658 g/mol. The van der Waals surface area contributed by atoms with Crippen LogP contribution in [0, 0.1) is 5.82 Å². The van der Waals surface area contributed by atoms with Crippen LogP contribution >= 0.6 is 11.3 Å². The van der Waals surface area contributed by atoms with E-state index < -0.39 is 11.7 Å². The molecule has 7 rings (SSSR count). The lowest BCUT2D eigenvalue weighted by atomic mass is 9.91. The molecule has 1 fully saturated rings. The molecule has 2 atom stereocenters. The van der Waals surface area contributed by atoms with Gasteiger partial charge in [-0.3, -0.25) is 14.7 Å². The van der Waals surface area contributed by atoms with Gasteiger partial charge >= 0.3 is 0 Å². The fourth-order valence-corrected chi connectivity index (χ4v) is 6.33. The number of hydrogen-bond donors (Lipinski definition) is 4. The number of aromatic nitrogens is 4. The Kier molecular flexibility index (Phi) is 9.04. The molecule has 0 radical (unpaired) electrons. The van der Waals surface area contributed by atoms with Crippen molar-refractivity contribution in [3.05, 3.63) is 82.7 Å². The fourth-order valence-electron chi connectivity index (χ4n) is 5.78. The number of ether oxygens (including phenoxy) is 3. The van der Waals surface area contributed by atoms with E-state index in [1.54, 1.807) is 29.9 Å². The zero-order chi connectivity index (χ0) is 32.2. The molecule has 2 aliphatic heterocycles. The number of carbonyl (C=O) groups is 2. The van der Waals surface area contributed by atoms with E-state index in [0.29, 0.717) is 53.2 Å². The summed E-state index contributed by atoms with van der Waals surface area (Å²) in [6, 6.07) is 11.0. The van der Waals surface area contributed by atoms with E-state index in [4.69, 9.17) is 14.2 Å². The van der Waals surface area contributed by atoms with Gasteiger partial charge in [0.25, 0.3) is 5.91 Å². The van der Waals surface area contributed by atoms with Crippen LogP contribution in [0.3, 0.4) is 0 Å². The van der Waals surface area contributed by atoms with Crippen LogP contribution in [-0.4, -0.2) is 57.8 Å². The van der Waals surface area contributed by atoms with Gasteiger partial charge in [0.2, 0.25) is 5.91 Å². The SMILES string of the molecule is O=C(C[C@H]1NCCc2cc(OCC3CCCCO3)c(Oc3ccc(C(=O)Nc4[nH]nc5ncccc45)c(F)c3)cc21)Nc1nccs1. The number of benzene rings is 2. The van der Waals surface area contributed by atoms with Crippen molar-refractivity contribution >= 4 is 45.1 Å². The molecule has 5 heterocycles. The molecule has 1 unspecified atom stereocenters. The molecule has 5 aromatic rings. The standard InChI is InChI=1S/C33H32FN7O5S/c34-25-15-20(6-7-22(25)32(43)39-31-23-5-3-9-36-30(23)40-41-31)46-28-16-24-19(14-27(28)45-18-21-4-1-2-12-44-21)8-10-35-26(24)17-29(42)38-33-37-11-13-47-33/h3,5-7,9,11,13-16,21,26,35H,1-2,4,8,10,12,17-18H2,(H,37,38,42)(H2,36,39,40,41,43)/t21?,26-/m1/s1. The van der Waals surface area contributed by atoms with E-state index in [0.717, 1.165) is 42.9 Å². The molecule has 0 aliphatic carbocycles. The average Bonchev–Trinajstić information content (AvgIpc) is 3.74. The molecule has 3 aromatic heterocycles. The van der Waals surface area contributed by atoms with Crippen LogP contribution in [0.25, 0.3) is 11.0 Å². The molecule has 1 saturated heterocycles. The van der Waals surface area contributed by atoms with Crippen molar-refractivity contribution in [2.45, 2.75) is 44.2 Å². The lowest BCUT2D eigenvalue weighted by Gasteiger charge is -2.29. The van der Waals surface area contributed by atoms with Gasteiger partial charge in [-0.1, -0.05) is 0 Å². The van der Waals surface area contributed by atoms with Gasteiger partial charge in [-0.25, -0.2) is 14.4 Å². The van der Waals surface area contributed by atoms with Crippen molar-refractivity contribution in [3.8, 4) is 17.2 Å². The van der Waals surface area contributed by atoms with E-state index in [1.807, 2.05) is 12.1 Å². The molecule has 4 N–H and O–H groups in total. The van der Waals surface area contributed by atoms with Gasteiger partial charge in [-0.2, -0.15) is 5.10 Å². The zero-order valence-corrected chi connectivity index (χ0v) is 26.1. The van der Waals surface area contributed by atoms with Gasteiger partial charge in [0, 0.05) is 42.9 Å². The monoisotopic (exact) mass is 657 g/mol. The summed E-state index contributed by atoms with van der Waals surface area (Å²) >= 11 is 1.35. The minimum absolute atomic E-state index is 0.0328. The summed E-state index contributed by atoms with van der Waals surface area (Å²) in [6.07, 6.45) is 7.12. The molecular formula is C33H32FN7O5S. The normalized spacial score (nSPS) is 17.6. The van der Waals surface area contributed by atoms with Gasteiger partial charge in [-0.05, 0) is 79.8 Å². The summed E-state index contributed by atoms with van der Waals surface area (Å²) in [5.41, 5.74) is 2.18. The topological polar surface area (TPSA) is 152 Å². The summed E-state index contributed by atoms with van der Waals surface area (Å²) in [5, 5.41) is 18.7. The van der Waals surface area contributed by atoms with Crippen molar-refractivity contribution < 1.29 is 28.2 Å². The molecule has 2 aliphatic rings. The Balaban J connectivity index is 1.12. The quantitative estimate of drug-likeness (QED) is 0.147. The summed E-state index contributed by atoms with van der Waals surface area (Å²) in [7, 11) is 0. The van der Waals surface area contributed by atoms with Crippen molar-refractivity contribution in [1.29, 1.82) is 0 Å². The molecule has 2 amide bonds. The number of H-pyrrole nitrogens is 1. The third kappa shape index (κ3) is 7.09. The van der Waals surface area contributed by atoms with E-state index in [9.17, 15) is 9.59 Å². The molecule has 2 aromatic carbocycles.